The van der Waals surface area contributed by atoms with E-state index in [9.17, 15) is 9.59 Å². The third kappa shape index (κ3) is 2.95. The van der Waals surface area contributed by atoms with Crippen LogP contribution in [-0.2, 0) is 9.59 Å². The van der Waals surface area contributed by atoms with E-state index in [0.717, 1.165) is 38.5 Å². The smallest absolute Gasteiger partial charge is 0.211 e. The van der Waals surface area contributed by atoms with Gasteiger partial charge in [0, 0.05) is 5.41 Å². The number of aliphatic imine (C=N–C) groups is 2. The molecule has 2 atom stereocenters. The second-order valence-corrected chi connectivity index (χ2v) is 5.08. The minimum absolute atomic E-state index is 0.0719. The summed E-state index contributed by atoms with van der Waals surface area (Å²) in [5.74, 6) is 0. The average Bonchev–Trinajstić information content (AvgIpc) is 2.42. The van der Waals surface area contributed by atoms with Crippen LogP contribution in [-0.4, -0.2) is 24.2 Å². The molecule has 4 nitrogen and oxygen atoms in total. The van der Waals surface area contributed by atoms with Crippen molar-refractivity contribution < 1.29 is 9.59 Å². The molecule has 0 heterocycles. The highest BCUT2D eigenvalue weighted by Crippen LogP contribution is 2.46. The van der Waals surface area contributed by atoms with Crippen LogP contribution in [0.15, 0.2) is 9.98 Å². The molecular formula is C14H22N2O2. The van der Waals surface area contributed by atoms with Gasteiger partial charge in [-0.15, -0.1) is 0 Å². The van der Waals surface area contributed by atoms with Crippen LogP contribution >= 0.6 is 0 Å². The van der Waals surface area contributed by atoms with Gasteiger partial charge in [0.1, 0.15) is 0 Å². The van der Waals surface area contributed by atoms with Gasteiger partial charge in [-0.05, 0) is 25.7 Å². The molecule has 4 heteroatoms. The Morgan fingerprint density at radius 2 is 1.39 bits per heavy atom. The molecule has 0 aromatic heterocycles. The third-order valence-corrected chi connectivity index (χ3v) is 4.30. The largest absolute Gasteiger partial charge is 0.235 e. The fraction of sp³-hybridized carbons (Fsp3) is 0.857. The first-order chi connectivity index (χ1) is 8.75. The van der Waals surface area contributed by atoms with Crippen LogP contribution in [0.2, 0.25) is 0 Å². The first-order valence-electron chi connectivity index (χ1n) is 6.89. The fourth-order valence-corrected chi connectivity index (χ4v) is 3.48. The summed E-state index contributed by atoms with van der Waals surface area (Å²) in [5.41, 5.74) is -0.142. The average molecular weight is 250 g/mol. The predicted octanol–water partition coefficient (Wildman–Crippen LogP) is 3.17. The molecule has 1 aliphatic carbocycles. The zero-order valence-electron chi connectivity index (χ0n) is 11.3. The van der Waals surface area contributed by atoms with E-state index < -0.39 is 0 Å². The molecule has 0 bridgehead atoms. The van der Waals surface area contributed by atoms with Crippen molar-refractivity contribution >= 4 is 12.2 Å². The van der Waals surface area contributed by atoms with Crippen molar-refractivity contribution in [2.75, 3.05) is 0 Å². The number of hydrogen-bond acceptors (Lipinski definition) is 4. The Bertz CT molecular complexity index is 321. The van der Waals surface area contributed by atoms with E-state index in [1.165, 1.54) is 6.42 Å². The highest BCUT2D eigenvalue weighted by Gasteiger charge is 2.45. The quantitative estimate of drug-likeness (QED) is 0.537. The third-order valence-electron chi connectivity index (χ3n) is 4.30. The van der Waals surface area contributed by atoms with Gasteiger partial charge in [0.05, 0.1) is 12.1 Å². The number of hydrogen-bond donors (Lipinski definition) is 0. The van der Waals surface area contributed by atoms with Gasteiger partial charge in [0.25, 0.3) is 0 Å². The molecule has 100 valence electrons. The molecule has 1 fully saturated rings. The molecule has 0 aliphatic heterocycles. The number of rotatable bonds is 6. The first kappa shape index (κ1) is 14.8. The molecule has 2 unspecified atom stereocenters. The SMILES string of the molecule is CCC(N=C=O)C1(C(CC)N=C=O)CCCCC1. The molecule has 1 aliphatic rings. The van der Waals surface area contributed by atoms with Crippen molar-refractivity contribution in [1.82, 2.24) is 0 Å². The molecular weight excluding hydrogens is 228 g/mol. The van der Waals surface area contributed by atoms with Crippen molar-refractivity contribution in [2.24, 2.45) is 15.4 Å². The lowest BCUT2D eigenvalue weighted by molar-refractivity contribution is 0.103. The lowest BCUT2D eigenvalue weighted by atomic mass is 9.63. The Kier molecular flexibility index (Phi) is 5.97. The summed E-state index contributed by atoms with van der Waals surface area (Å²) in [6, 6.07) is -0.144. The van der Waals surface area contributed by atoms with Crippen molar-refractivity contribution in [3.63, 3.8) is 0 Å². The monoisotopic (exact) mass is 250 g/mol. The Hall–Kier alpha value is -1.24. The van der Waals surface area contributed by atoms with Crippen LogP contribution in [0.3, 0.4) is 0 Å². The highest BCUT2D eigenvalue weighted by molar-refractivity contribution is 5.36. The standard InChI is InChI=1S/C14H22N2O2/c1-3-12(15-10-17)14(8-6-5-7-9-14)13(4-2)16-11-18/h12-13H,3-9H2,1-2H3. The van der Waals surface area contributed by atoms with Gasteiger partial charge in [0.2, 0.25) is 12.2 Å². The number of nitrogens with zero attached hydrogens (tertiary/aromatic N) is 2. The van der Waals surface area contributed by atoms with E-state index in [0.29, 0.717) is 0 Å². The maximum Gasteiger partial charge on any atom is 0.235 e. The molecule has 0 radical (unpaired) electrons. The minimum atomic E-state index is -0.142. The van der Waals surface area contributed by atoms with Gasteiger partial charge in [-0.3, -0.25) is 0 Å². The zero-order chi connectivity index (χ0) is 13.4. The van der Waals surface area contributed by atoms with Crippen molar-refractivity contribution in [2.45, 2.75) is 70.9 Å². The van der Waals surface area contributed by atoms with Crippen molar-refractivity contribution in [3.05, 3.63) is 0 Å². The molecule has 1 saturated carbocycles. The molecule has 0 N–H and O–H groups in total. The second kappa shape index (κ2) is 7.25. The molecule has 18 heavy (non-hydrogen) atoms. The van der Waals surface area contributed by atoms with E-state index in [4.69, 9.17) is 0 Å². The van der Waals surface area contributed by atoms with E-state index in [2.05, 4.69) is 9.98 Å². The fourth-order valence-electron chi connectivity index (χ4n) is 3.48. The molecule has 0 aromatic carbocycles. The van der Waals surface area contributed by atoms with E-state index in [-0.39, 0.29) is 17.5 Å². The second-order valence-electron chi connectivity index (χ2n) is 5.08. The maximum absolute atomic E-state index is 10.6. The first-order valence-corrected chi connectivity index (χ1v) is 6.89. The van der Waals surface area contributed by atoms with Crippen LogP contribution in [0.1, 0.15) is 58.8 Å². The van der Waals surface area contributed by atoms with E-state index in [1.54, 1.807) is 12.2 Å². The van der Waals surface area contributed by atoms with Crippen molar-refractivity contribution in [3.8, 4) is 0 Å². The molecule has 1 rings (SSSR count). The Morgan fingerprint density at radius 3 is 1.72 bits per heavy atom. The molecule has 0 aromatic rings. The summed E-state index contributed by atoms with van der Waals surface area (Å²) in [5, 5.41) is 0. The van der Waals surface area contributed by atoms with Gasteiger partial charge >= 0.3 is 0 Å². The summed E-state index contributed by atoms with van der Waals surface area (Å²) in [6.07, 6.45) is 10.4. The maximum atomic E-state index is 10.6. The summed E-state index contributed by atoms with van der Waals surface area (Å²) in [4.78, 5) is 29.2. The molecule has 0 amide bonds. The molecule has 0 spiro atoms. The van der Waals surface area contributed by atoms with Gasteiger partial charge in [0.15, 0.2) is 0 Å². The van der Waals surface area contributed by atoms with Gasteiger partial charge < -0.3 is 0 Å². The Labute approximate surface area is 109 Å². The van der Waals surface area contributed by atoms with Gasteiger partial charge in [-0.1, -0.05) is 33.1 Å². The topological polar surface area (TPSA) is 58.9 Å². The van der Waals surface area contributed by atoms with Crippen LogP contribution in [0, 0.1) is 5.41 Å². The van der Waals surface area contributed by atoms with Gasteiger partial charge in [-0.2, -0.15) is 0 Å². The summed E-state index contributed by atoms with van der Waals surface area (Å²) in [6.45, 7) is 4.05. The number of carbonyl (C=O) groups excluding carboxylic acids is 2. The van der Waals surface area contributed by atoms with Crippen LogP contribution < -0.4 is 0 Å². The van der Waals surface area contributed by atoms with Crippen LogP contribution in [0.4, 0.5) is 0 Å². The highest BCUT2D eigenvalue weighted by atomic mass is 16.1. The minimum Gasteiger partial charge on any atom is -0.211 e. The van der Waals surface area contributed by atoms with E-state index in [1.807, 2.05) is 13.8 Å². The van der Waals surface area contributed by atoms with E-state index >= 15 is 0 Å². The Balaban J connectivity index is 3.13. The van der Waals surface area contributed by atoms with Crippen LogP contribution in [0.5, 0.6) is 0 Å². The van der Waals surface area contributed by atoms with Gasteiger partial charge in [-0.25, -0.2) is 19.6 Å². The Morgan fingerprint density at radius 1 is 0.944 bits per heavy atom. The van der Waals surface area contributed by atoms with Crippen LogP contribution in [0.25, 0.3) is 0 Å². The lowest BCUT2D eigenvalue weighted by Gasteiger charge is -2.44. The normalized spacial score (nSPS) is 21.2. The summed E-state index contributed by atoms with van der Waals surface area (Å²) < 4.78 is 0. The lowest BCUT2D eigenvalue weighted by Crippen LogP contribution is -2.44. The zero-order valence-corrected chi connectivity index (χ0v) is 11.3. The number of isocyanates is 2. The summed E-state index contributed by atoms with van der Waals surface area (Å²) >= 11 is 0. The predicted molar refractivity (Wildman–Crippen MR) is 69.9 cm³/mol. The molecule has 0 saturated heterocycles. The summed E-state index contributed by atoms with van der Waals surface area (Å²) in [7, 11) is 0. The van der Waals surface area contributed by atoms with Crippen molar-refractivity contribution in [1.29, 1.82) is 0 Å².